The van der Waals surface area contributed by atoms with Gasteiger partial charge in [0, 0.05) is 32.6 Å². The van der Waals surface area contributed by atoms with Gasteiger partial charge in [-0.2, -0.15) is 0 Å². The predicted molar refractivity (Wildman–Crippen MR) is 170 cm³/mol. The first-order valence-corrected chi connectivity index (χ1v) is 15.6. The van der Waals surface area contributed by atoms with E-state index >= 15 is 0 Å². The normalized spacial score (nSPS) is 13.4. The lowest BCUT2D eigenvalue weighted by Gasteiger charge is -2.28. The summed E-state index contributed by atoms with van der Waals surface area (Å²) in [5.41, 5.74) is 7.37. The summed E-state index contributed by atoms with van der Waals surface area (Å²) in [6.45, 7) is 5.24. The Bertz CT molecular complexity index is 1520. The number of nitrogens with two attached hydrogens (primary N) is 1. The number of primary amides is 1. The highest BCUT2D eigenvalue weighted by Crippen LogP contribution is 2.21. The van der Waals surface area contributed by atoms with Crippen molar-refractivity contribution in [2.24, 2.45) is 11.7 Å². The molecule has 4 N–H and O–H groups in total. The van der Waals surface area contributed by atoms with Crippen molar-refractivity contribution < 1.29 is 42.9 Å². The molecule has 0 spiro atoms. The number of nitrogens with zero attached hydrogens (tertiary/aromatic N) is 2. The van der Waals surface area contributed by atoms with Gasteiger partial charge in [-0.1, -0.05) is 24.3 Å². The van der Waals surface area contributed by atoms with E-state index in [1.807, 2.05) is 0 Å². The average molecular weight is 655 g/mol. The zero-order chi connectivity index (χ0) is 34.4. The number of esters is 2. The van der Waals surface area contributed by atoms with Crippen LogP contribution in [0.2, 0.25) is 0 Å². The molecule has 0 saturated carbocycles. The standard InChI is InChI=1S/C34H43FN4O8/c1-4-45-30(41)15-8-16-31(42)47-34(2,3)46-17-9-11-23(32(36)43)20-29(40)27(19-22-10-7-12-24(35)18-22)39-33(44)28-21-37-25-13-5-6-14-26(25)38-28/h5-7,10,12-14,18,21,23,27,29,40H,4,8-9,11,15-17,19-20H2,1-3H3,(H2,36,43)(H,39,44)/t23-,27+,29+/m1/s1. The van der Waals surface area contributed by atoms with Crippen LogP contribution in [-0.2, 0) is 35.0 Å². The van der Waals surface area contributed by atoms with Crippen LogP contribution in [0.1, 0.15) is 75.3 Å². The zero-order valence-corrected chi connectivity index (χ0v) is 26.9. The number of nitrogens with one attached hydrogen (secondary N) is 1. The number of hydrogen-bond acceptors (Lipinski definition) is 10. The highest BCUT2D eigenvalue weighted by atomic mass is 19.1. The van der Waals surface area contributed by atoms with Crippen LogP contribution in [0.3, 0.4) is 0 Å². The molecule has 12 nitrogen and oxygen atoms in total. The van der Waals surface area contributed by atoms with Gasteiger partial charge in [-0.3, -0.25) is 24.2 Å². The fraction of sp³-hybridized carbons (Fsp3) is 0.471. The van der Waals surface area contributed by atoms with Crippen LogP contribution in [0.15, 0.2) is 54.7 Å². The van der Waals surface area contributed by atoms with E-state index in [2.05, 4.69) is 15.3 Å². The molecule has 0 saturated heterocycles. The van der Waals surface area contributed by atoms with Crippen LogP contribution in [0.25, 0.3) is 11.0 Å². The Morgan fingerprint density at radius 3 is 2.45 bits per heavy atom. The molecule has 3 atom stereocenters. The van der Waals surface area contributed by atoms with Crippen LogP contribution < -0.4 is 11.1 Å². The Morgan fingerprint density at radius 2 is 1.74 bits per heavy atom. The fourth-order valence-electron chi connectivity index (χ4n) is 4.95. The van der Waals surface area contributed by atoms with Gasteiger partial charge < -0.3 is 30.4 Å². The van der Waals surface area contributed by atoms with Crippen molar-refractivity contribution >= 4 is 34.8 Å². The molecule has 0 radical (unpaired) electrons. The Balaban J connectivity index is 1.58. The SMILES string of the molecule is CCOC(=O)CCCC(=O)OC(C)(C)OCCC[C@H](C[C@H](O)[C@H](Cc1cccc(F)c1)NC(=O)c1cnc2ccccc2n1)C(N)=O. The van der Waals surface area contributed by atoms with E-state index < -0.39 is 47.5 Å². The molecule has 0 fully saturated rings. The minimum Gasteiger partial charge on any atom is -0.466 e. The summed E-state index contributed by atoms with van der Waals surface area (Å²) >= 11 is 0. The van der Waals surface area contributed by atoms with E-state index in [1.165, 1.54) is 24.4 Å². The van der Waals surface area contributed by atoms with Crippen LogP contribution in [0.4, 0.5) is 4.39 Å². The van der Waals surface area contributed by atoms with Crippen LogP contribution in [0, 0.1) is 11.7 Å². The van der Waals surface area contributed by atoms with E-state index in [0.717, 1.165) is 0 Å². The average Bonchev–Trinajstić information content (AvgIpc) is 3.01. The van der Waals surface area contributed by atoms with Crippen LogP contribution in [0.5, 0.6) is 0 Å². The third-order valence-electron chi connectivity index (χ3n) is 7.31. The Labute approximate surface area is 273 Å². The number of amides is 2. The molecule has 0 aliphatic carbocycles. The fourth-order valence-corrected chi connectivity index (χ4v) is 4.95. The van der Waals surface area contributed by atoms with Gasteiger partial charge in [0.1, 0.15) is 11.5 Å². The number of benzene rings is 2. The number of ether oxygens (including phenoxy) is 3. The minimum atomic E-state index is -1.26. The van der Waals surface area contributed by atoms with Crippen molar-refractivity contribution in [3.05, 3.63) is 71.8 Å². The lowest BCUT2D eigenvalue weighted by atomic mass is 9.90. The van der Waals surface area contributed by atoms with Gasteiger partial charge in [0.2, 0.25) is 11.7 Å². The zero-order valence-electron chi connectivity index (χ0n) is 26.9. The van der Waals surface area contributed by atoms with E-state index in [-0.39, 0.29) is 63.4 Å². The Hall–Kier alpha value is -4.49. The molecular weight excluding hydrogens is 611 g/mol. The molecule has 0 unspecified atom stereocenters. The highest BCUT2D eigenvalue weighted by molar-refractivity contribution is 5.94. The Kier molecular flexibility index (Phi) is 14.2. The molecule has 1 aromatic heterocycles. The second-order valence-corrected chi connectivity index (χ2v) is 11.6. The van der Waals surface area contributed by atoms with Crippen molar-refractivity contribution in [1.82, 2.24) is 15.3 Å². The van der Waals surface area contributed by atoms with Gasteiger partial charge in [0.05, 0.1) is 42.6 Å². The first kappa shape index (κ1) is 37.0. The molecule has 0 aliphatic rings. The van der Waals surface area contributed by atoms with Crippen molar-refractivity contribution in [1.29, 1.82) is 0 Å². The summed E-state index contributed by atoms with van der Waals surface area (Å²) in [4.78, 5) is 57.8. The number of rotatable bonds is 19. The Morgan fingerprint density at radius 1 is 1.02 bits per heavy atom. The lowest BCUT2D eigenvalue weighted by molar-refractivity contribution is -0.216. The molecule has 3 aromatic rings. The summed E-state index contributed by atoms with van der Waals surface area (Å²) in [6.07, 6.45) is 1.08. The van der Waals surface area contributed by atoms with Crippen LogP contribution in [-0.4, -0.2) is 70.0 Å². The summed E-state index contributed by atoms with van der Waals surface area (Å²) in [6, 6.07) is 11.9. The molecule has 3 rings (SSSR count). The van der Waals surface area contributed by atoms with E-state index in [1.54, 1.807) is 51.1 Å². The third-order valence-corrected chi connectivity index (χ3v) is 7.31. The molecular formula is C34H43FN4O8. The maximum atomic E-state index is 14.0. The molecule has 0 bridgehead atoms. The number of aliphatic hydroxyl groups is 1. The number of carbonyl (C=O) groups excluding carboxylic acids is 4. The van der Waals surface area contributed by atoms with E-state index in [0.29, 0.717) is 23.0 Å². The van der Waals surface area contributed by atoms with E-state index in [4.69, 9.17) is 19.9 Å². The summed E-state index contributed by atoms with van der Waals surface area (Å²) in [5, 5.41) is 14.1. The molecule has 2 aromatic carbocycles. The molecule has 0 aliphatic heterocycles. The van der Waals surface area contributed by atoms with Gasteiger partial charge in [0.15, 0.2) is 0 Å². The number of fused-ring (bicyclic) bond motifs is 1. The minimum absolute atomic E-state index is 0.0218. The van der Waals surface area contributed by atoms with Crippen molar-refractivity contribution in [2.45, 2.75) is 83.6 Å². The van der Waals surface area contributed by atoms with Gasteiger partial charge >= 0.3 is 11.9 Å². The quantitative estimate of drug-likeness (QED) is 0.0978. The highest BCUT2D eigenvalue weighted by Gasteiger charge is 2.29. The molecule has 13 heteroatoms. The topological polar surface area (TPSA) is 180 Å². The number of aliphatic hydroxyl groups excluding tert-OH is 1. The van der Waals surface area contributed by atoms with Crippen molar-refractivity contribution in [3.8, 4) is 0 Å². The first-order chi connectivity index (χ1) is 22.4. The molecule has 1 heterocycles. The number of para-hydroxylation sites is 2. The molecule has 47 heavy (non-hydrogen) atoms. The van der Waals surface area contributed by atoms with Crippen molar-refractivity contribution in [2.75, 3.05) is 13.2 Å². The smallest absolute Gasteiger partial charge is 0.308 e. The maximum absolute atomic E-state index is 14.0. The summed E-state index contributed by atoms with van der Waals surface area (Å²) in [5.74, 6) is -4.66. The van der Waals surface area contributed by atoms with Gasteiger partial charge in [0.25, 0.3) is 5.91 Å². The van der Waals surface area contributed by atoms with E-state index in [9.17, 15) is 28.7 Å². The number of aromatic nitrogens is 2. The molecule has 2 amide bonds. The second kappa shape index (κ2) is 18.0. The first-order valence-electron chi connectivity index (χ1n) is 15.6. The monoisotopic (exact) mass is 654 g/mol. The summed E-state index contributed by atoms with van der Waals surface area (Å²) < 4.78 is 29.9. The third kappa shape index (κ3) is 12.7. The van der Waals surface area contributed by atoms with Crippen LogP contribution >= 0.6 is 0 Å². The molecule has 254 valence electrons. The van der Waals surface area contributed by atoms with Gasteiger partial charge in [-0.15, -0.1) is 0 Å². The largest absolute Gasteiger partial charge is 0.466 e. The second-order valence-electron chi connectivity index (χ2n) is 11.6. The van der Waals surface area contributed by atoms with Gasteiger partial charge in [-0.05, 0) is 68.9 Å². The van der Waals surface area contributed by atoms with Gasteiger partial charge in [-0.25, -0.2) is 9.37 Å². The number of carbonyl (C=O) groups is 4. The predicted octanol–water partition coefficient (Wildman–Crippen LogP) is 3.77. The number of halogens is 1. The maximum Gasteiger partial charge on any atom is 0.308 e. The number of hydrogen-bond donors (Lipinski definition) is 3. The lowest BCUT2D eigenvalue weighted by Crippen LogP contribution is -2.46. The summed E-state index contributed by atoms with van der Waals surface area (Å²) in [7, 11) is 0. The van der Waals surface area contributed by atoms with Crippen molar-refractivity contribution in [3.63, 3.8) is 0 Å².